The van der Waals surface area contributed by atoms with Gasteiger partial charge in [-0.15, -0.1) is 11.3 Å². The fourth-order valence-electron chi connectivity index (χ4n) is 2.89. The first kappa shape index (κ1) is 19.1. The molecule has 0 radical (unpaired) electrons. The summed E-state index contributed by atoms with van der Waals surface area (Å²) in [7, 11) is 3.93. The number of aryl methyl sites for hydroxylation is 2. The summed E-state index contributed by atoms with van der Waals surface area (Å²) in [6, 6.07) is 7.63. The van der Waals surface area contributed by atoms with Crippen molar-refractivity contribution in [2.75, 3.05) is 24.3 Å². The molecule has 27 heavy (non-hydrogen) atoms. The van der Waals surface area contributed by atoms with Gasteiger partial charge in [-0.25, -0.2) is 4.98 Å². The number of anilines is 2. The standard InChI is InChI=1S/C20H24N4O2S/c1-5-6-11-24-12-21-19-16(20(24)26)13(2)17(27-19)18(25)22-14-7-9-15(10-8-14)23(3)4/h7-10,12H,5-6,11H2,1-4H3,(H,22,25). The van der Waals surface area contributed by atoms with Gasteiger partial charge < -0.3 is 10.2 Å². The molecule has 142 valence electrons. The van der Waals surface area contributed by atoms with Crippen molar-refractivity contribution in [3.05, 3.63) is 51.4 Å². The van der Waals surface area contributed by atoms with Crippen molar-refractivity contribution in [3.8, 4) is 0 Å². The summed E-state index contributed by atoms with van der Waals surface area (Å²) < 4.78 is 1.63. The van der Waals surface area contributed by atoms with Crippen LogP contribution in [0.2, 0.25) is 0 Å². The van der Waals surface area contributed by atoms with Crippen LogP contribution in [0, 0.1) is 6.92 Å². The Morgan fingerprint density at radius 3 is 2.59 bits per heavy atom. The van der Waals surface area contributed by atoms with Crippen LogP contribution >= 0.6 is 11.3 Å². The molecule has 0 atom stereocenters. The minimum Gasteiger partial charge on any atom is -0.378 e. The quantitative estimate of drug-likeness (QED) is 0.700. The van der Waals surface area contributed by atoms with E-state index in [2.05, 4.69) is 17.2 Å². The van der Waals surface area contributed by atoms with Crippen molar-refractivity contribution >= 4 is 38.8 Å². The van der Waals surface area contributed by atoms with Gasteiger partial charge in [0.05, 0.1) is 16.6 Å². The van der Waals surface area contributed by atoms with Gasteiger partial charge in [0, 0.05) is 32.0 Å². The maximum absolute atomic E-state index is 12.7. The van der Waals surface area contributed by atoms with Crippen molar-refractivity contribution in [2.24, 2.45) is 0 Å². The number of aromatic nitrogens is 2. The number of unbranched alkanes of at least 4 members (excludes halogenated alkanes) is 1. The number of fused-ring (bicyclic) bond motifs is 1. The maximum atomic E-state index is 12.7. The lowest BCUT2D eigenvalue weighted by Gasteiger charge is -2.13. The lowest BCUT2D eigenvalue weighted by molar-refractivity contribution is 0.103. The van der Waals surface area contributed by atoms with E-state index < -0.39 is 0 Å². The number of benzene rings is 1. The average molecular weight is 385 g/mol. The molecule has 0 aliphatic rings. The average Bonchev–Trinajstić information content (AvgIpc) is 2.99. The smallest absolute Gasteiger partial charge is 0.266 e. The van der Waals surface area contributed by atoms with E-state index in [1.807, 2.05) is 50.2 Å². The molecule has 1 N–H and O–H groups in total. The van der Waals surface area contributed by atoms with Gasteiger partial charge in [0.25, 0.3) is 11.5 Å². The van der Waals surface area contributed by atoms with Gasteiger partial charge in [0.1, 0.15) is 4.83 Å². The molecule has 1 aromatic carbocycles. The number of nitrogens with zero attached hydrogens (tertiary/aromatic N) is 3. The molecular weight excluding hydrogens is 360 g/mol. The van der Waals surface area contributed by atoms with Gasteiger partial charge in [-0.05, 0) is 43.2 Å². The number of rotatable bonds is 6. The van der Waals surface area contributed by atoms with Gasteiger partial charge in [-0.3, -0.25) is 14.2 Å². The molecular formula is C20H24N4O2S. The fourth-order valence-corrected chi connectivity index (χ4v) is 3.93. The lowest BCUT2D eigenvalue weighted by atomic mass is 10.2. The molecule has 0 aliphatic heterocycles. The largest absolute Gasteiger partial charge is 0.378 e. The van der Waals surface area contributed by atoms with Gasteiger partial charge in [0.2, 0.25) is 0 Å². The summed E-state index contributed by atoms with van der Waals surface area (Å²) in [6.45, 7) is 4.55. The number of carbonyl (C=O) groups is 1. The van der Waals surface area contributed by atoms with Gasteiger partial charge in [-0.2, -0.15) is 0 Å². The summed E-state index contributed by atoms with van der Waals surface area (Å²) in [5, 5.41) is 3.46. The van der Waals surface area contributed by atoms with E-state index >= 15 is 0 Å². The minimum atomic E-state index is -0.215. The van der Waals surface area contributed by atoms with Crippen LogP contribution in [-0.2, 0) is 6.54 Å². The predicted octanol–water partition coefficient (Wildman–Crippen LogP) is 3.88. The number of hydrogen-bond acceptors (Lipinski definition) is 5. The summed E-state index contributed by atoms with van der Waals surface area (Å²) in [5.74, 6) is -0.215. The molecule has 0 bridgehead atoms. The number of thiophene rings is 1. The minimum absolute atomic E-state index is 0.0726. The van der Waals surface area contributed by atoms with Crippen LogP contribution in [0.5, 0.6) is 0 Å². The van der Waals surface area contributed by atoms with Crippen molar-refractivity contribution in [2.45, 2.75) is 33.2 Å². The van der Waals surface area contributed by atoms with Crippen LogP contribution in [0.15, 0.2) is 35.4 Å². The molecule has 3 rings (SSSR count). The van der Waals surface area contributed by atoms with E-state index in [0.29, 0.717) is 27.2 Å². The van der Waals surface area contributed by atoms with Crippen LogP contribution in [0.3, 0.4) is 0 Å². The Labute approximate surface area is 162 Å². The monoisotopic (exact) mass is 384 g/mol. The van der Waals surface area contributed by atoms with Crippen molar-refractivity contribution in [3.63, 3.8) is 0 Å². The normalized spacial score (nSPS) is 11.0. The summed E-state index contributed by atoms with van der Waals surface area (Å²) in [6.07, 6.45) is 3.51. The molecule has 0 saturated carbocycles. The molecule has 7 heteroatoms. The van der Waals surface area contributed by atoms with E-state index in [1.165, 1.54) is 11.3 Å². The topological polar surface area (TPSA) is 67.2 Å². The highest BCUT2D eigenvalue weighted by Gasteiger charge is 2.19. The Balaban J connectivity index is 1.89. The van der Waals surface area contributed by atoms with Crippen LogP contribution < -0.4 is 15.8 Å². The van der Waals surface area contributed by atoms with Gasteiger partial charge in [0.15, 0.2) is 0 Å². The molecule has 3 aromatic rings. The zero-order valence-corrected chi connectivity index (χ0v) is 16.9. The summed E-state index contributed by atoms with van der Waals surface area (Å²) >= 11 is 1.26. The van der Waals surface area contributed by atoms with Crippen molar-refractivity contribution < 1.29 is 4.79 Å². The van der Waals surface area contributed by atoms with E-state index in [-0.39, 0.29) is 11.5 Å². The van der Waals surface area contributed by atoms with Crippen molar-refractivity contribution in [1.82, 2.24) is 9.55 Å². The van der Waals surface area contributed by atoms with Crippen LogP contribution in [0.25, 0.3) is 10.2 Å². The third-order valence-corrected chi connectivity index (χ3v) is 5.72. The zero-order valence-electron chi connectivity index (χ0n) is 16.1. The third-order valence-electron chi connectivity index (χ3n) is 4.52. The summed E-state index contributed by atoms with van der Waals surface area (Å²) in [4.78, 5) is 33.0. The maximum Gasteiger partial charge on any atom is 0.266 e. The molecule has 0 fully saturated rings. The lowest BCUT2D eigenvalue weighted by Crippen LogP contribution is -2.20. The molecule has 6 nitrogen and oxygen atoms in total. The first-order valence-electron chi connectivity index (χ1n) is 8.99. The van der Waals surface area contributed by atoms with E-state index in [1.54, 1.807) is 10.9 Å². The molecule has 1 amide bonds. The molecule has 0 unspecified atom stereocenters. The van der Waals surface area contributed by atoms with Crippen molar-refractivity contribution in [1.29, 1.82) is 0 Å². The van der Waals surface area contributed by atoms with Gasteiger partial charge >= 0.3 is 0 Å². The Bertz CT molecular complexity index is 1020. The highest BCUT2D eigenvalue weighted by atomic mass is 32.1. The predicted molar refractivity (Wildman–Crippen MR) is 112 cm³/mol. The van der Waals surface area contributed by atoms with E-state index in [4.69, 9.17) is 0 Å². The van der Waals surface area contributed by atoms with Crippen LogP contribution in [-0.4, -0.2) is 29.6 Å². The molecule has 0 spiro atoms. The molecule has 2 heterocycles. The third kappa shape index (κ3) is 3.88. The van der Waals surface area contributed by atoms with Gasteiger partial charge in [-0.1, -0.05) is 13.3 Å². The van der Waals surface area contributed by atoms with E-state index in [9.17, 15) is 9.59 Å². The molecule has 0 saturated heterocycles. The molecule has 2 aromatic heterocycles. The number of hydrogen-bond donors (Lipinski definition) is 1. The Kier molecular flexibility index (Phi) is 5.60. The first-order chi connectivity index (χ1) is 12.9. The number of nitrogens with one attached hydrogen (secondary N) is 1. The highest BCUT2D eigenvalue weighted by Crippen LogP contribution is 2.28. The second-order valence-electron chi connectivity index (χ2n) is 6.73. The Morgan fingerprint density at radius 2 is 1.96 bits per heavy atom. The highest BCUT2D eigenvalue weighted by molar-refractivity contribution is 7.20. The van der Waals surface area contributed by atoms with Crippen LogP contribution in [0.4, 0.5) is 11.4 Å². The molecule has 0 aliphatic carbocycles. The fraction of sp³-hybridized carbons (Fsp3) is 0.350. The van der Waals surface area contributed by atoms with Crippen LogP contribution in [0.1, 0.15) is 35.0 Å². The number of carbonyl (C=O) groups excluding carboxylic acids is 1. The first-order valence-corrected chi connectivity index (χ1v) is 9.81. The summed E-state index contributed by atoms with van der Waals surface area (Å²) in [5.41, 5.74) is 2.40. The zero-order chi connectivity index (χ0) is 19.6. The Morgan fingerprint density at radius 1 is 1.26 bits per heavy atom. The SMILES string of the molecule is CCCCn1cnc2sc(C(=O)Nc3ccc(N(C)C)cc3)c(C)c2c1=O. The Hall–Kier alpha value is -2.67. The number of amides is 1. The second kappa shape index (κ2) is 7.92. The second-order valence-corrected chi connectivity index (χ2v) is 7.73. The van der Waals surface area contributed by atoms with E-state index in [0.717, 1.165) is 24.2 Å².